The van der Waals surface area contributed by atoms with Crippen molar-refractivity contribution in [2.24, 2.45) is 0 Å². The second-order valence-electron chi connectivity index (χ2n) is 6.36. The van der Waals surface area contributed by atoms with Gasteiger partial charge in [0.1, 0.15) is 16.4 Å². The third-order valence-electron chi connectivity index (χ3n) is 4.78. The van der Waals surface area contributed by atoms with E-state index in [1.165, 1.54) is 27.4 Å². The van der Waals surface area contributed by atoms with Gasteiger partial charge in [-0.3, -0.25) is 0 Å². The van der Waals surface area contributed by atoms with Crippen molar-refractivity contribution in [1.82, 2.24) is 19.4 Å². The molecule has 1 aromatic heterocycles. The molecule has 0 saturated carbocycles. The second-order valence-corrected chi connectivity index (χ2v) is 8.30. The predicted molar refractivity (Wildman–Crippen MR) is 94.1 cm³/mol. The number of hydrogen-bond donors (Lipinski definition) is 1. The number of para-hydroxylation sites is 1. The Morgan fingerprint density at radius 2 is 1.92 bits per heavy atom. The van der Waals surface area contributed by atoms with Crippen LogP contribution >= 0.6 is 12.4 Å². The minimum Gasteiger partial charge on any atom is -0.310 e. The number of sulfonamides is 1. The van der Waals surface area contributed by atoms with Crippen LogP contribution in [-0.4, -0.2) is 47.7 Å². The summed E-state index contributed by atoms with van der Waals surface area (Å²) in [6.07, 6.45) is 5.61. The van der Waals surface area contributed by atoms with Crippen LogP contribution in [-0.2, 0) is 10.0 Å². The Kier molecular flexibility index (Phi) is 5.15. The van der Waals surface area contributed by atoms with E-state index >= 15 is 0 Å². The lowest BCUT2D eigenvalue weighted by Crippen LogP contribution is -2.38. The molecule has 0 spiro atoms. The standard InChI is InChI=1S/C16H19FN4O2S.ClH/c17-15-3-1-2-4-16(15)21-11-14(9-18-21)24(22,23)20-8-7-12-5-6-13(10-20)19-12;/h1-4,9,11-13,19H,5-8,10H2;1H. The van der Waals surface area contributed by atoms with Gasteiger partial charge in [0.25, 0.3) is 0 Å². The lowest BCUT2D eigenvalue weighted by atomic mass is 10.1. The lowest BCUT2D eigenvalue weighted by Gasteiger charge is -2.22. The Hall–Kier alpha value is -1.48. The highest BCUT2D eigenvalue weighted by Gasteiger charge is 2.35. The van der Waals surface area contributed by atoms with Crippen LogP contribution in [0.3, 0.4) is 0 Å². The van der Waals surface area contributed by atoms with Gasteiger partial charge in [0.05, 0.1) is 12.4 Å². The number of rotatable bonds is 3. The van der Waals surface area contributed by atoms with Crippen LogP contribution < -0.4 is 5.32 Å². The minimum absolute atomic E-state index is 0. The summed E-state index contributed by atoms with van der Waals surface area (Å²) >= 11 is 0. The van der Waals surface area contributed by atoms with Gasteiger partial charge in [-0.15, -0.1) is 12.4 Å². The van der Waals surface area contributed by atoms with Crippen molar-refractivity contribution in [3.63, 3.8) is 0 Å². The molecule has 0 aliphatic carbocycles. The number of halogens is 2. The fourth-order valence-corrected chi connectivity index (χ4v) is 4.92. The molecule has 1 N–H and O–H groups in total. The molecular formula is C16H20ClFN4O2S. The Morgan fingerprint density at radius 1 is 1.16 bits per heavy atom. The minimum atomic E-state index is -3.62. The summed E-state index contributed by atoms with van der Waals surface area (Å²) in [4.78, 5) is 0.100. The van der Waals surface area contributed by atoms with Crippen LogP contribution in [0.4, 0.5) is 4.39 Å². The average molecular weight is 387 g/mol. The van der Waals surface area contributed by atoms with Gasteiger partial charge in [0, 0.05) is 25.2 Å². The van der Waals surface area contributed by atoms with E-state index < -0.39 is 15.8 Å². The number of fused-ring (bicyclic) bond motifs is 2. The van der Waals surface area contributed by atoms with E-state index in [1.54, 1.807) is 18.2 Å². The molecule has 9 heteroatoms. The number of nitrogens with zero attached hydrogens (tertiary/aromatic N) is 3. The first-order valence-corrected chi connectivity index (χ1v) is 9.54. The van der Waals surface area contributed by atoms with Crippen molar-refractivity contribution in [3.8, 4) is 5.69 Å². The first-order valence-electron chi connectivity index (χ1n) is 8.10. The average Bonchev–Trinajstić information content (AvgIpc) is 3.15. The summed E-state index contributed by atoms with van der Waals surface area (Å²) in [5.74, 6) is -0.444. The maximum atomic E-state index is 13.9. The van der Waals surface area contributed by atoms with E-state index in [9.17, 15) is 12.8 Å². The van der Waals surface area contributed by atoms with Crippen LogP contribution in [0.1, 0.15) is 19.3 Å². The number of aromatic nitrogens is 2. The zero-order valence-corrected chi connectivity index (χ0v) is 15.1. The molecule has 2 saturated heterocycles. The van der Waals surface area contributed by atoms with E-state index in [1.807, 2.05) is 0 Å². The summed E-state index contributed by atoms with van der Waals surface area (Å²) in [7, 11) is -3.62. The van der Waals surface area contributed by atoms with Crippen molar-refractivity contribution in [1.29, 1.82) is 0 Å². The normalized spacial score (nSPS) is 23.9. The number of hydrogen-bond acceptors (Lipinski definition) is 4. The monoisotopic (exact) mass is 386 g/mol. The Labute approximate surface area is 152 Å². The lowest BCUT2D eigenvalue weighted by molar-refractivity contribution is 0.383. The van der Waals surface area contributed by atoms with Crippen molar-refractivity contribution in [2.75, 3.05) is 13.1 Å². The first-order chi connectivity index (χ1) is 11.5. The van der Waals surface area contributed by atoms with Crippen molar-refractivity contribution >= 4 is 22.4 Å². The molecular weight excluding hydrogens is 367 g/mol. The Bertz CT molecular complexity index is 857. The molecule has 6 nitrogen and oxygen atoms in total. The van der Waals surface area contributed by atoms with E-state index in [2.05, 4.69) is 10.4 Å². The fraction of sp³-hybridized carbons (Fsp3) is 0.438. The van der Waals surface area contributed by atoms with Gasteiger partial charge in [-0.1, -0.05) is 12.1 Å². The van der Waals surface area contributed by atoms with Gasteiger partial charge in [-0.05, 0) is 31.4 Å². The zero-order chi connectivity index (χ0) is 16.7. The molecule has 0 amide bonds. The van der Waals surface area contributed by atoms with Gasteiger partial charge < -0.3 is 5.32 Å². The molecule has 4 rings (SSSR count). The van der Waals surface area contributed by atoms with Crippen molar-refractivity contribution < 1.29 is 12.8 Å². The molecule has 25 heavy (non-hydrogen) atoms. The molecule has 2 aliphatic heterocycles. The highest BCUT2D eigenvalue weighted by molar-refractivity contribution is 7.89. The SMILES string of the molecule is Cl.O=S(=O)(c1cnn(-c2ccccc2F)c1)N1CCC2CCC(C1)N2. The molecule has 2 aromatic rings. The summed E-state index contributed by atoms with van der Waals surface area (Å²) in [5, 5.41) is 7.50. The fourth-order valence-electron chi connectivity index (χ4n) is 3.49. The molecule has 1 aromatic carbocycles. The summed E-state index contributed by atoms with van der Waals surface area (Å²) in [5.41, 5.74) is 0.232. The second kappa shape index (κ2) is 7.03. The zero-order valence-electron chi connectivity index (χ0n) is 13.5. The van der Waals surface area contributed by atoms with Gasteiger partial charge in [0.2, 0.25) is 10.0 Å². The van der Waals surface area contributed by atoms with Gasteiger partial charge >= 0.3 is 0 Å². The summed E-state index contributed by atoms with van der Waals surface area (Å²) < 4.78 is 42.4. The molecule has 2 atom stereocenters. The van der Waals surface area contributed by atoms with E-state index in [0.717, 1.165) is 19.3 Å². The Morgan fingerprint density at radius 3 is 2.72 bits per heavy atom. The molecule has 2 aliphatic rings. The quantitative estimate of drug-likeness (QED) is 0.875. The van der Waals surface area contributed by atoms with Gasteiger partial charge in [-0.2, -0.15) is 9.40 Å². The van der Waals surface area contributed by atoms with Crippen molar-refractivity contribution in [2.45, 2.75) is 36.2 Å². The van der Waals surface area contributed by atoms with Crippen molar-refractivity contribution in [3.05, 3.63) is 42.5 Å². The van der Waals surface area contributed by atoms with E-state index in [-0.39, 0.29) is 29.0 Å². The number of benzene rings is 1. The third kappa shape index (κ3) is 3.44. The number of nitrogens with one attached hydrogen (secondary N) is 1. The van der Waals surface area contributed by atoms with E-state index in [0.29, 0.717) is 19.1 Å². The predicted octanol–water partition coefficient (Wildman–Crippen LogP) is 1.95. The van der Waals surface area contributed by atoms with Crippen LogP contribution in [0.25, 0.3) is 5.69 Å². The smallest absolute Gasteiger partial charge is 0.246 e. The highest BCUT2D eigenvalue weighted by Crippen LogP contribution is 2.25. The molecule has 2 bridgehead atoms. The third-order valence-corrected chi connectivity index (χ3v) is 6.60. The largest absolute Gasteiger partial charge is 0.310 e. The van der Waals surface area contributed by atoms with Gasteiger partial charge in [-0.25, -0.2) is 17.5 Å². The molecule has 2 fully saturated rings. The summed E-state index contributed by atoms with van der Waals surface area (Å²) in [6.45, 7) is 0.977. The van der Waals surface area contributed by atoms with Crippen LogP contribution in [0.5, 0.6) is 0 Å². The first kappa shape index (κ1) is 18.3. The van der Waals surface area contributed by atoms with Crippen LogP contribution in [0, 0.1) is 5.82 Å². The molecule has 2 unspecified atom stereocenters. The Balaban J connectivity index is 0.00000182. The molecule has 0 radical (unpaired) electrons. The summed E-state index contributed by atoms with van der Waals surface area (Å²) in [6, 6.07) is 6.78. The van der Waals surface area contributed by atoms with E-state index in [4.69, 9.17) is 0 Å². The topological polar surface area (TPSA) is 67.2 Å². The molecule has 3 heterocycles. The van der Waals surface area contributed by atoms with Crippen LogP contribution in [0.2, 0.25) is 0 Å². The maximum Gasteiger partial charge on any atom is 0.246 e. The van der Waals surface area contributed by atoms with Crippen LogP contribution in [0.15, 0.2) is 41.6 Å². The maximum absolute atomic E-state index is 13.9. The highest BCUT2D eigenvalue weighted by atomic mass is 35.5. The van der Waals surface area contributed by atoms with Gasteiger partial charge in [0.15, 0.2) is 0 Å². The molecule has 136 valence electrons.